The van der Waals surface area contributed by atoms with Gasteiger partial charge >= 0.3 is 0 Å². The lowest BCUT2D eigenvalue weighted by Crippen LogP contribution is -2.33. The van der Waals surface area contributed by atoms with Gasteiger partial charge in [-0.15, -0.1) is 0 Å². The fraction of sp³-hybridized carbons (Fsp3) is 0.667. The maximum Gasteiger partial charge on any atom is 0.141 e. The van der Waals surface area contributed by atoms with E-state index in [2.05, 4.69) is 23.7 Å². The highest BCUT2D eigenvalue weighted by Crippen LogP contribution is 2.27. The Morgan fingerprint density at radius 1 is 1.47 bits per heavy atom. The Morgan fingerprint density at radius 3 is 2.74 bits per heavy atom. The topological polar surface area (TPSA) is 36.4 Å². The second-order valence-electron chi connectivity index (χ2n) is 5.97. The average molecular weight is 266 g/mol. The van der Waals surface area contributed by atoms with Gasteiger partial charge in [0, 0.05) is 25.0 Å². The first kappa shape index (κ1) is 14.4. The molecule has 2 rings (SSSR count). The molecule has 0 saturated carbocycles. The number of hydrogen-bond donors (Lipinski definition) is 1. The molecule has 4 atom stereocenters. The summed E-state index contributed by atoms with van der Waals surface area (Å²) in [7, 11) is 0. The van der Waals surface area contributed by atoms with Crippen molar-refractivity contribution in [2.24, 2.45) is 11.8 Å². The maximum atomic E-state index is 12.8. The van der Waals surface area contributed by atoms with Crippen molar-refractivity contribution < 1.29 is 9.50 Å². The van der Waals surface area contributed by atoms with Crippen LogP contribution in [0.3, 0.4) is 0 Å². The molecule has 1 N–H and O–H groups in total. The summed E-state index contributed by atoms with van der Waals surface area (Å²) in [6.45, 7) is 8.46. The van der Waals surface area contributed by atoms with Crippen molar-refractivity contribution in [3.63, 3.8) is 0 Å². The highest BCUT2D eigenvalue weighted by molar-refractivity contribution is 5.09. The van der Waals surface area contributed by atoms with Gasteiger partial charge in [-0.2, -0.15) is 0 Å². The van der Waals surface area contributed by atoms with Crippen LogP contribution in [0.15, 0.2) is 18.3 Å². The highest BCUT2D eigenvalue weighted by Gasteiger charge is 2.29. The molecule has 3 nitrogen and oxygen atoms in total. The highest BCUT2D eigenvalue weighted by atomic mass is 19.1. The Bertz CT molecular complexity index is 409. The second-order valence-corrected chi connectivity index (χ2v) is 5.97. The minimum atomic E-state index is -0.635. The van der Waals surface area contributed by atoms with Crippen LogP contribution in [0.2, 0.25) is 0 Å². The minimum absolute atomic E-state index is 0.0886. The molecule has 2 heterocycles. The molecule has 0 bridgehead atoms. The van der Waals surface area contributed by atoms with Crippen LogP contribution in [0, 0.1) is 17.7 Å². The van der Waals surface area contributed by atoms with Crippen molar-refractivity contribution in [1.29, 1.82) is 0 Å². The quantitative estimate of drug-likeness (QED) is 0.910. The number of rotatable bonds is 4. The van der Waals surface area contributed by atoms with Gasteiger partial charge in [-0.25, -0.2) is 4.39 Å². The standard InChI is InChI=1S/C15H23FN2O/c1-10-6-12(3)18(8-10)9-11(2)15(19)14-5-4-13(16)7-17-14/h4-5,7,10-12,15,19H,6,8-9H2,1-3H3. The molecular weight excluding hydrogens is 243 g/mol. The fourth-order valence-corrected chi connectivity index (χ4v) is 2.96. The summed E-state index contributed by atoms with van der Waals surface area (Å²) in [5.41, 5.74) is 0.550. The summed E-state index contributed by atoms with van der Waals surface area (Å²) < 4.78 is 12.8. The number of likely N-dealkylation sites (tertiary alicyclic amines) is 1. The van der Waals surface area contributed by atoms with Gasteiger partial charge in [0.1, 0.15) is 5.82 Å². The molecule has 106 valence electrons. The number of nitrogens with zero attached hydrogens (tertiary/aromatic N) is 2. The Labute approximate surface area is 114 Å². The molecule has 0 aromatic carbocycles. The zero-order valence-electron chi connectivity index (χ0n) is 11.9. The van der Waals surface area contributed by atoms with Crippen LogP contribution in [0.4, 0.5) is 4.39 Å². The Hall–Kier alpha value is -1.00. The summed E-state index contributed by atoms with van der Waals surface area (Å²) in [5, 5.41) is 10.3. The van der Waals surface area contributed by atoms with Gasteiger partial charge in [0.05, 0.1) is 18.0 Å². The number of pyridine rings is 1. The second kappa shape index (κ2) is 5.97. The zero-order chi connectivity index (χ0) is 14.0. The monoisotopic (exact) mass is 266 g/mol. The molecule has 1 aromatic heterocycles. The van der Waals surface area contributed by atoms with E-state index in [1.807, 2.05) is 6.92 Å². The molecule has 0 radical (unpaired) electrons. The van der Waals surface area contributed by atoms with Gasteiger partial charge in [0.25, 0.3) is 0 Å². The fourth-order valence-electron chi connectivity index (χ4n) is 2.96. The van der Waals surface area contributed by atoms with Crippen LogP contribution in [-0.4, -0.2) is 34.1 Å². The number of aliphatic hydroxyl groups excluding tert-OH is 1. The van der Waals surface area contributed by atoms with Crippen LogP contribution in [-0.2, 0) is 0 Å². The molecular formula is C15H23FN2O. The molecule has 1 aliphatic heterocycles. The Morgan fingerprint density at radius 2 is 2.21 bits per heavy atom. The van der Waals surface area contributed by atoms with Crippen LogP contribution in [0.5, 0.6) is 0 Å². The molecule has 1 aromatic rings. The predicted molar refractivity (Wildman–Crippen MR) is 73.1 cm³/mol. The summed E-state index contributed by atoms with van der Waals surface area (Å²) in [4.78, 5) is 6.38. The summed E-state index contributed by atoms with van der Waals surface area (Å²) in [6.07, 6.45) is 1.74. The van der Waals surface area contributed by atoms with E-state index in [9.17, 15) is 9.50 Å². The maximum absolute atomic E-state index is 12.8. The number of aromatic nitrogens is 1. The number of hydrogen-bond acceptors (Lipinski definition) is 3. The van der Waals surface area contributed by atoms with E-state index in [0.717, 1.165) is 25.2 Å². The zero-order valence-corrected chi connectivity index (χ0v) is 11.9. The predicted octanol–water partition coefficient (Wildman–Crippen LogP) is 2.62. The van der Waals surface area contributed by atoms with Gasteiger partial charge in [0.2, 0.25) is 0 Å². The van der Waals surface area contributed by atoms with Crippen molar-refractivity contribution in [2.45, 2.75) is 39.3 Å². The van der Waals surface area contributed by atoms with E-state index in [4.69, 9.17) is 0 Å². The van der Waals surface area contributed by atoms with Crippen LogP contribution in [0.1, 0.15) is 39.0 Å². The van der Waals surface area contributed by atoms with Gasteiger partial charge in [-0.3, -0.25) is 4.98 Å². The average Bonchev–Trinajstić information content (AvgIpc) is 2.68. The van der Waals surface area contributed by atoms with E-state index in [-0.39, 0.29) is 11.7 Å². The van der Waals surface area contributed by atoms with E-state index in [1.54, 1.807) is 6.07 Å². The van der Waals surface area contributed by atoms with Gasteiger partial charge in [-0.1, -0.05) is 13.8 Å². The first-order valence-electron chi connectivity index (χ1n) is 7.01. The van der Waals surface area contributed by atoms with Gasteiger partial charge in [-0.05, 0) is 31.4 Å². The third-order valence-corrected chi connectivity index (χ3v) is 4.03. The normalized spacial score (nSPS) is 27.4. The van der Waals surface area contributed by atoms with Crippen molar-refractivity contribution >= 4 is 0 Å². The van der Waals surface area contributed by atoms with Crippen LogP contribution in [0.25, 0.3) is 0 Å². The minimum Gasteiger partial charge on any atom is -0.386 e. The summed E-state index contributed by atoms with van der Waals surface area (Å²) in [6, 6.07) is 3.48. The third kappa shape index (κ3) is 3.51. The van der Waals surface area contributed by atoms with E-state index >= 15 is 0 Å². The van der Waals surface area contributed by atoms with Crippen molar-refractivity contribution in [1.82, 2.24) is 9.88 Å². The van der Waals surface area contributed by atoms with Crippen molar-refractivity contribution in [2.75, 3.05) is 13.1 Å². The Kier molecular flexibility index (Phi) is 4.53. The van der Waals surface area contributed by atoms with Crippen LogP contribution >= 0.6 is 0 Å². The molecule has 0 amide bonds. The molecule has 1 aliphatic rings. The van der Waals surface area contributed by atoms with Crippen molar-refractivity contribution in [3.8, 4) is 0 Å². The molecule has 4 heteroatoms. The SMILES string of the molecule is CC1CC(C)N(CC(C)C(O)c2ccc(F)cn2)C1. The molecule has 1 fully saturated rings. The lowest BCUT2D eigenvalue weighted by molar-refractivity contribution is 0.0824. The summed E-state index contributed by atoms with van der Waals surface area (Å²) >= 11 is 0. The molecule has 19 heavy (non-hydrogen) atoms. The van der Waals surface area contributed by atoms with Gasteiger partial charge < -0.3 is 10.0 Å². The van der Waals surface area contributed by atoms with Gasteiger partial charge in [0.15, 0.2) is 0 Å². The molecule has 1 saturated heterocycles. The van der Waals surface area contributed by atoms with E-state index in [1.165, 1.54) is 12.5 Å². The number of aliphatic hydroxyl groups is 1. The Balaban J connectivity index is 1.95. The molecule has 0 spiro atoms. The van der Waals surface area contributed by atoms with Crippen molar-refractivity contribution in [3.05, 3.63) is 29.8 Å². The molecule has 0 aliphatic carbocycles. The van der Waals surface area contributed by atoms with E-state index < -0.39 is 6.10 Å². The summed E-state index contributed by atoms with van der Waals surface area (Å²) in [5.74, 6) is 0.444. The largest absolute Gasteiger partial charge is 0.386 e. The smallest absolute Gasteiger partial charge is 0.141 e. The molecule has 4 unspecified atom stereocenters. The lowest BCUT2D eigenvalue weighted by Gasteiger charge is -2.27. The van der Waals surface area contributed by atoms with E-state index in [0.29, 0.717) is 11.7 Å². The lowest BCUT2D eigenvalue weighted by atomic mass is 10.0. The number of halogens is 1. The first-order chi connectivity index (χ1) is 8.97. The van der Waals surface area contributed by atoms with Crippen LogP contribution < -0.4 is 0 Å². The third-order valence-electron chi connectivity index (χ3n) is 4.03. The first-order valence-corrected chi connectivity index (χ1v) is 7.01.